The minimum atomic E-state index is -3.92. The second-order valence-electron chi connectivity index (χ2n) is 9.65. The van der Waals surface area contributed by atoms with Gasteiger partial charge in [0.15, 0.2) is 20.1 Å². The summed E-state index contributed by atoms with van der Waals surface area (Å²) < 4.78 is 64.6. The maximum absolute atomic E-state index is 13.4. The number of nitrogens with zero attached hydrogens (tertiary/aromatic N) is 2. The van der Waals surface area contributed by atoms with Gasteiger partial charge in [-0.3, -0.25) is 9.59 Å². The van der Waals surface area contributed by atoms with Crippen molar-refractivity contribution in [2.24, 2.45) is 5.92 Å². The van der Waals surface area contributed by atoms with Crippen LogP contribution in [-0.2, 0) is 24.5 Å². The van der Waals surface area contributed by atoms with Crippen LogP contribution in [0.25, 0.3) is 0 Å². The van der Waals surface area contributed by atoms with Crippen LogP contribution >= 0.6 is 11.3 Å². The van der Waals surface area contributed by atoms with Crippen LogP contribution in [-0.4, -0.2) is 49.0 Å². The zero-order valence-corrected chi connectivity index (χ0v) is 22.4. The Balaban J connectivity index is 1.65. The van der Waals surface area contributed by atoms with Gasteiger partial charge in [0.05, 0.1) is 27.8 Å². The predicted molar refractivity (Wildman–Crippen MR) is 135 cm³/mol. The minimum Gasteiger partial charge on any atom is -0.300 e. The number of pyridine rings is 1. The molecule has 2 aliphatic rings. The molecule has 2 aromatic heterocycles. The topological polar surface area (TPSA) is 132 Å². The van der Waals surface area contributed by atoms with Crippen LogP contribution in [0, 0.1) is 18.0 Å². The van der Waals surface area contributed by atoms with Crippen LogP contribution in [0.1, 0.15) is 63.1 Å². The van der Waals surface area contributed by atoms with E-state index in [2.05, 4.69) is 10.3 Å². The standard InChI is InChI=1S/C23H30FN3O6S3/c1-15-11-18(36(32,33)17-7-9-35(30,31)10-8-17)13-21(28)27(15)19(12-16-5-3-2-4-6-16)22(29)26-23-25-14-20(24)34-23/h11,13-14,16-17,19H,2-10,12H2,1H3,(H,25,26,29). The van der Waals surface area contributed by atoms with E-state index in [4.69, 9.17) is 0 Å². The van der Waals surface area contributed by atoms with E-state index < -0.39 is 47.6 Å². The Kier molecular flexibility index (Phi) is 8.01. The molecule has 13 heteroatoms. The molecule has 36 heavy (non-hydrogen) atoms. The van der Waals surface area contributed by atoms with Crippen molar-refractivity contribution in [3.05, 3.63) is 39.5 Å². The number of carbonyl (C=O) groups is 1. The number of nitrogens with one attached hydrogen (secondary N) is 1. The first-order valence-corrected chi connectivity index (χ1v) is 16.2. The molecule has 1 amide bonds. The van der Waals surface area contributed by atoms with E-state index in [1.54, 1.807) is 6.92 Å². The highest BCUT2D eigenvalue weighted by Crippen LogP contribution is 2.32. The van der Waals surface area contributed by atoms with E-state index in [0.717, 1.165) is 44.4 Å². The largest absolute Gasteiger partial charge is 0.300 e. The molecule has 1 aliphatic carbocycles. The van der Waals surface area contributed by atoms with E-state index in [0.29, 0.717) is 23.5 Å². The molecule has 1 N–H and O–H groups in total. The summed E-state index contributed by atoms with van der Waals surface area (Å²) in [5.41, 5.74) is -0.316. The maximum Gasteiger partial charge on any atom is 0.252 e. The SMILES string of the molecule is Cc1cc(S(=O)(=O)C2CCS(=O)(=O)CC2)cc(=O)n1C(CC1CCCCC1)C(=O)Nc1ncc(F)s1. The molecule has 1 atom stereocenters. The van der Waals surface area contributed by atoms with Gasteiger partial charge in [0.1, 0.15) is 15.9 Å². The summed E-state index contributed by atoms with van der Waals surface area (Å²) in [7, 11) is -7.16. The van der Waals surface area contributed by atoms with Gasteiger partial charge in [0.2, 0.25) is 5.91 Å². The number of aromatic nitrogens is 2. The van der Waals surface area contributed by atoms with E-state index in [1.165, 1.54) is 10.6 Å². The summed E-state index contributed by atoms with van der Waals surface area (Å²) in [5.74, 6) is -0.684. The van der Waals surface area contributed by atoms with Crippen LogP contribution < -0.4 is 10.9 Å². The van der Waals surface area contributed by atoms with Crippen LogP contribution in [0.4, 0.5) is 9.52 Å². The molecule has 0 radical (unpaired) electrons. The highest BCUT2D eigenvalue weighted by Gasteiger charge is 2.35. The number of rotatable bonds is 7. The highest BCUT2D eigenvalue weighted by atomic mass is 32.2. The van der Waals surface area contributed by atoms with Crippen LogP contribution in [0.15, 0.2) is 28.0 Å². The summed E-state index contributed by atoms with van der Waals surface area (Å²) in [6.45, 7) is 1.58. The Labute approximate surface area is 214 Å². The molecule has 2 aromatic rings. The molecule has 1 aliphatic heterocycles. The monoisotopic (exact) mass is 559 g/mol. The minimum absolute atomic E-state index is 0.0100. The molecular weight excluding hydrogens is 529 g/mol. The van der Waals surface area contributed by atoms with Gasteiger partial charge in [0.25, 0.3) is 5.56 Å². The number of aryl methyl sites for hydroxylation is 1. The number of hydrogen-bond donors (Lipinski definition) is 1. The van der Waals surface area contributed by atoms with Gasteiger partial charge >= 0.3 is 0 Å². The molecule has 0 spiro atoms. The van der Waals surface area contributed by atoms with Crippen molar-refractivity contribution in [3.63, 3.8) is 0 Å². The number of thiazole rings is 1. The molecule has 1 unspecified atom stereocenters. The van der Waals surface area contributed by atoms with E-state index in [9.17, 15) is 30.8 Å². The summed E-state index contributed by atoms with van der Waals surface area (Å²) in [5, 5.41) is 1.26. The molecule has 9 nitrogen and oxygen atoms in total. The number of halogens is 1. The smallest absolute Gasteiger partial charge is 0.252 e. The Hall–Kier alpha value is -2.12. The lowest BCUT2D eigenvalue weighted by molar-refractivity contribution is -0.120. The van der Waals surface area contributed by atoms with Crippen molar-refractivity contribution in [1.29, 1.82) is 0 Å². The number of amides is 1. The molecule has 4 rings (SSSR count). The first-order chi connectivity index (χ1) is 17.0. The van der Waals surface area contributed by atoms with Crippen molar-refractivity contribution in [1.82, 2.24) is 9.55 Å². The summed E-state index contributed by atoms with van der Waals surface area (Å²) >= 11 is 0.685. The third kappa shape index (κ3) is 6.05. The van der Waals surface area contributed by atoms with Gasteiger partial charge in [0, 0.05) is 11.8 Å². The Morgan fingerprint density at radius 1 is 1.19 bits per heavy atom. The molecule has 0 aromatic carbocycles. The van der Waals surface area contributed by atoms with Gasteiger partial charge in [-0.25, -0.2) is 21.8 Å². The average Bonchev–Trinajstić information content (AvgIpc) is 3.22. The first kappa shape index (κ1) is 26.9. The highest BCUT2D eigenvalue weighted by molar-refractivity contribution is 7.93. The summed E-state index contributed by atoms with van der Waals surface area (Å²) in [6.07, 6.45) is 6.45. The first-order valence-electron chi connectivity index (χ1n) is 12.1. The van der Waals surface area contributed by atoms with E-state index in [-0.39, 0.29) is 40.3 Å². The third-order valence-corrected chi connectivity index (χ3v) is 11.8. The fourth-order valence-electron chi connectivity index (χ4n) is 5.19. The summed E-state index contributed by atoms with van der Waals surface area (Å²) in [4.78, 5) is 30.2. The van der Waals surface area contributed by atoms with Gasteiger partial charge in [-0.15, -0.1) is 0 Å². The fraction of sp³-hybridized carbons (Fsp3) is 0.609. The number of sulfone groups is 2. The normalized spacial score (nSPS) is 20.2. The van der Waals surface area contributed by atoms with E-state index >= 15 is 0 Å². The number of anilines is 1. The Morgan fingerprint density at radius 2 is 1.86 bits per heavy atom. The molecule has 0 bridgehead atoms. The second kappa shape index (κ2) is 10.7. The molecule has 2 fully saturated rings. The zero-order valence-electron chi connectivity index (χ0n) is 20.0. The molecule has 3 heterocycles. The number of hydrogen-bond acceptors (Lipinski definition) is 8. The Bertz CT molecular complexity index is 1380. The van der Waals surface area contributed by atoms with Crippen LogP contribution in [0.5, 0.6) is 0 Å². The van der Waals surface area contributed by atoms with Crippen LogP contribution in [0.2, 0.25) is 0 Å². The lowest BCUT2D eigenvalue weighted by Gasteiger charge is -2.28. The van der Waals surface area contributed by atoms with Crippen molar-refractivity contribution < 1.29 is 26.0 Å². The molecule has 1 saturated heterocycles. The van der Waals surface area contributed by atoms with E-state index in [1.807, 2.05) is 0 Å². The fourth-order valence-corrected chi connectivity index (χ4v) is 9.36. The van der Waals surface area contributed by atoms with Crippen molar-refractivity contribution >= 4 is 42.1 Å². The van der Waals surface area contributed by atoms with Crippen LogP contribution in [0.3, 0.4) is 0 Å². The second-order valence-corrected chi connectivity index (χ2v) is 15.2. The lowest BCUT2D eigenvalue weighted by atomic mass is 9.84. The maximum atomic E-state index is 13.4. The van der Waals surface area contributed by atoms with Gasteiger partial charge in [-0.2, -0.15) is 4.39 Å². The van der Waals surface area contributed by atoms with Crippen molar-refractivity contribution in [2.45, 2.75) is 74.5 Å². The van der Waals surface area contributed by atoms with Gasteiger partial charge < -0.3 is 9.88 Å². The predicted octanol–water partition coefficient (Wildman–Crippen LogP) is 3.25. The quantitative estimate of drug-likeness (QED) is 0.551. The lowest BCUT2D eigenvalue weighted by Crippen LogP contribution is -2.37. The average molecular weight is 560 g/mol. The molecule has 1 saturated carbocycles. The van der Waals surface area contributed by atoms with Crippen molar-refractivity contribution in [2.75, 3.05) is 16.8 Å². The van der Waals surface area contributed by atoms with Gasteiger partial charge in [-0.1, -0.05) is 43.4 Å². The zero-order chi connectivity index (χ0) is 26.1. The molecular formula is C23H30FN3O6S3. The number of carbonyl (C=O) groups excluding carboxylic acids is 1. The van der Waals surface area contributed by atoms with Gasteiger partial charge in [-0.05, 0) is 38.2 Å². The third-order valence-electron chi connectivity index (χ3n) is 7.11. The molecule has 198 valence electrons. The summed E-state index contributed by atoms with van der Waals surface area (Å²) in [6, 6.07) is 1.49. The Morgan fingerprint density at radius 3 is 2.44 bits per heavy atom. The van der Waals surface area contributed by atoms with Crippen molar-refractivity contribution in [3.8, 4) is 0 Å².